The third-order valence-corrected chi connectivity index (χ3v) is 7.78. The molecule has 2 fully saturated rings. The first-order chi connectivity index (χ1) is 19.1. The van der Waals surface area contributed by atoms with Crippen LogP contribution in [0.2, 0.25) is 0 Å². The summed E-state index contributed by atoms with van der Waals surface area (Å²) in [6, 6.07) is 17.4. The molecule has 8 heteroatoms. The number of piperazine rings is 1. The van der Waals surface area contributed by atoms with E-state index in [2.05, 4.69) is 25.8 Å². The van der Waals surface area contributed by atoms with Crippen molar-refractivity contribution in [2.45, 2.75) is 32.4 Å². The van der Waals surface area contributed by atoms with Crippen molar-refractivity contribution in [1.82, 2.24) is 24.7 Å². The van der Waals surface area contributed by atoms with Gasteiger partial charge in [0.25, 0.3) is 5.91 Å². The highest BCUT2D eigenvalue weighted by atomic mass is 16.2. The largest absolute Gasteiger partial charge is 0.336 e. The van der Waals surface area contributed by atoms with Crippen LogP contribution in [0, 0.1) is 17.2 Å². The van der Waals surface area contributed by atoms with Gasteiger partial charge in [0.05, 0.1) is 17.2 Å². The minimum absolute atomic E-state index is 0.0281. The first-order valence-electron chi connectivity index (χ1n) is 13.7. The van der Waals surface area contributed by atoms with Crippen molar-refractivity contribution >= 4 is 11.7 Å². The van der Waals surface area contributed by atoms with Crippen molar-refractivity contribution in [2.75, 3.05) is 39.3 Å². The number of hydrogen-bond donors (Lipinski definition) is 0. The number of carbonyl (C=O) groups is 2. The minimum atomic E-state index is -0.0281. The molecule has 2 saturated heterocycles. The van der Waals surface area contributed by atoms with Crippen molar-refractivity contribution in [3.8, 4) is 6.07 Å². The minimum Gasteiger partial charge on any atom is -0.336 e. The monoisotopic (exact) mass is 522 g/mol. The predicted molar refractivity (Wildman–Crippen MR) is 148 cm³/mol. The van der Waals surface area contributed by atoms with Crippen LogP contribution in [0.3, 0.4) is 0 Å². The molecule has 2 aliphatic rings. The van der Waals surface area contributed by atoms with Crippen LogP contribution in [0.25, 0.3) is 0 Å². The molecular formula is C31H34N6O2. The van der Waals surface area contributed by atoms with Gasteiger partial charge >= 0.3 is 0 Å². The number of Topliss-reactive ketones (excluding diaryl/α,β-unsaturated/α-hetero) is 1. The van der Waals surface area contributed by atoms with Gasteiger partial charge < -0.3 is 4.90 Å². The quantitative estimate of drug-likeness (QED) is 0.416. The molecule has 0 saturated carbocycles. The summed E-state index contributed by atoms with van der Waals surface area (Å²) in [5, 5.41) is 8.96. The smallest absolute Gasteiger partial charge is 0.255 e. The molecule has 0 unspecified atom stereocenters. The maximum atomic E-state index is 13.0. The van der Waals surface area contributed by atoms with E-state index < -0.39 is 0 Å². The van der Waals surface area contributed by atoms with Gasteiger partial charge in [-0.05, 0) is 79.4 Å². The Morgan fingerprint density at radius 2 is 1.46 bits per heavy atom. The normalized spacial score (nSPS) is 17.1. The maximum Gasteiger partial charge on any atom is 0.255 e. The van der Waals surface area contributed by atoms with Crippen molar-refractivity contribution in [1.29, 1.82) is 5.26 Å². The highest BCUT2D eigenvalue weighted by molar-refractivity contribution is 5.97. The van der Waals surface area contributed by atoms with Gasteiger partial charge in [0.2, 0.25) is 0 Å². The first kappa shape index (κ1) is 26.7. The van der Waals surface area contributed by atoms with Gasteiger partial charge in [-0.15, -0.1) is 0 Å². The number of piperidine rings is 1. The number of amides is 1. The van der Waals surface area contributed by atoms with E-state index in [1.54, 1.807) is 30.7 Å². The molecule has 0 aliphatic carbocycles. The second kappa shape index (κ2) is 12.7. The van der Waals surface area contributed by atoms with Crippen LogP contribution in [-0.2, 0) is 13.1 Å². The molecule has 5 rings (SSSR count). The van der Waals surface area contributed by atoms with E-state index in [4.69, 9.17) is 5.26 Å². The summed E-state index contributed by atoms with van der Waals surface area (Å²) in [4.78, 5) is 41.0. The van der Waals surface area contributed by atoms with Crippen LogP contribution >= 0.6 is 0 Å². The summed E-state index contributed by atoms with van der Waals surface area (Å²) in [5.74, 6) is 0.366. The van der Waals surface area contributed by atoms with Gasteiger partial charge in [-0.25, -0.2) is 0 Å². The number of nitriles is 1. The Balaban J connectivity index is 1.05. The van der Waals surface area contributed by atoms with Crippen LogP contribution < -0.4 is 0 Å². The topological polar surface area (TPSA) is 93.4 Å². The number of hydrogen-bond acceptors (Lipinski definition) is 7. The Morgan fingerprint density at radius 3 is 2.08 bits per heavy atom. The van der Waals surface area contributed by atoms with Crippen molar-refractivity contribution in [2.24, 2.45) is 5.92 Å². The Kier molecular flexibility index (Phi) is 8.71. The van der Waals surface area contributed by atoms with Gasteiger partial charge in [-0.2, -0.15) is 5.26 Å². The third kappa shape index (κ3) is 7.14. The lowest BCUT2D eigenvalue weighted by Crippen LogP contribution is -2.48. The van der Waals surface area contributed by atoms with Gasteiger partial charge in [0.15, 0.2) is 5.78 Å². The lowest BCUT2D eigenvalue weighted by Gasteiger charge is -2.34. The molecule has 1 amide bonds. The number of ketones is 1. The van der Waals surface area contributed by atoms with E-state index in [-0.39, 0.29) is 11.7 Å². The van der Waals surface area contributed by atoms with Crippen molar-refractivity contribution in [3.05, 3.63) is 95.1 Å². The summed E-state index contributed by atoms with van der Waals surface area (Å²) >= 11 is 0. The Hall–Kier alpha value is -3.93. The van der Waals surface area contributed by atoms with E-state index in [0.717, 1.165) is 52.1 Å². The van der Waals surface area contributed by atoms with Gasteiger partial charge in [-0.3, -0.25) is 29.4 Å². The second-order valence-electron chi connectivity index (χ2n) is 10.5. The zero-order chi connectivity index (χ0) is 27.0. The average Bonchev–Trinajstić information content (AvgIpc) is 2.99. The molecule has 4 heterocycles. The Labute approximate surface area is 229 Å². The maximum absolute atomic E-state index is 13.0. The molecule has 0 N–H and O–H groups in total. The summed E-state index contributed by atoms with van der Waals surface area (Å²) < 4.78 is 0. The molecule has 0 atom stereocenters. The molecule has 3 aromatic rings. The number of nitrogens with zero attached hydrogens (tertiary/aromatic N) is 6. The third-order valence-electron chi connectivity index (χ3n) is 7.78. The molecule has 0 radical (unpaired) electrons. The fourth-order valence-corrected chi connectivity index (χ4v) is 5.38. The lowest BCUT2D eigenvalue weighted by molar-refractivity contribution is 0.0627. The fraction of sp³-hybridized carbons (Fsp3) is 0.387. The van der Waals surface area contributed by atoms with E-state index in [0.29, 0.717) is 42.2 Å². The molecule has 1 aromatic carbocycles. The molecular weight excluding hydrogens is 488 g/mol. The zero-order valence-corrected chi connectivity index (χ0v) is 22.2. The Bertz CT molecular complexity index is 1290. The fourth-order valence-electron chi connectivity index (χ4n) is 5.38. The van der Waals surface area contributed by atoms with Gasteiger partial charge in [0, 0.05) is 64.3 Å². The molecule has 2 aromatic heterocycles. The Morgan fingerprint density at radius 1 is 0.821 bits per heavy atom. The van der Waals surface area contributed by atoms with Gasteiger partial charge in [0.1, 0.15) is 5.69 Å². The molecule has 8 nitrogen and oxygen atoms in total. The van der Waals surface area contributed by atoms with Crippen LogP contribution in [0.15, 0.2) is 67.1 Å². The SMILES string of the molecule is N#Cc1ccc(CN2CCC(CC(=O)c3ccc(C(=O)N4CCN(Cc5ccncc5)CC4)cn3)CC2)cc1. The number of carbonyl (C=O) groups excluding carboxylic acids is 2. The molecule has 2 aliphatic heterocycles. The second-order valence-corrected chi connectivity index (χ2v) is 10.5. The number of likely N-dealkylation sites (tertiary alicyclic amines) is 1. The van der Waals surface area contributed by atoms with Crippen molar-refractivity contribution < 1.29 is 9.59 Å². The van der Waals surface area contributed by atoms with E-state index >= 15 is 0 Å². The van der Waals surface area contributed by atoms with Crippen molar-refractivity contribution in [3.63, 3.8) is 0 Å². The number of aromatic nitrogens is 2. The van der Waals surface area contributed by atoms with E-state index in [9.17, 15) is 9.59 Å². The number of pyridine rings is 2. The van der Waals surface area contributed by atoms with Gasteiger partial charge in [-0.1, -0.05) is 12.1 Å². The summed E-state index contributed by atoms with van der Waals surface area (Å²) in [6.07, 6.45) is 7.61. The lowest BCUT2D eigenvalue weighted by atomic mass is 9.90. The molecule has 39 heavy (non-hydrogen) atoms. The highest BCUT2D eigenvalue weighted by Crippen LogP contribution is 2.24. The number of rotatable bonds is 8. The average molecular weight is 523 g/mol. The van der Waals surface area contributed by atoms with Crippen LogP contribution in [0.1, 0.15) is 56.8 Å². The molecule has 0 bridgehead atoms. The number of benzene rings is 1. The highest BCUT2D eigenvalue weighted by Gasteiger charge is 2.25. The van der Waals surface area contributed by atoms with E-state index in [1.165, 1.54) is 11.1 Å². The summed E-state index contributed by atoms with van der Waals surface area (Å²) in [6.45, 7) is 6.63. The van der Waals surface area contributed by atoms with Crippen LogP contribution in [0.4, 0.5) is 0 Å². The summed E-state index contributed by atoms with van der Waals surface area (Å²) in [7, 11) is 0. The predicted octanol–water partition coefficient (Wildman–Crippen LogP) is 3.79. The van der Waals surface area contributed by atoms with Crippen LogP contribution in [0.5, 0.6) is 0 Å². The standard InChI is InChI=1S/C31H34N6O2/c32-20-25-1-3-26(4-2-25)22-35-13-9-24(10-14-35)19-30(38)29-6-5-28(21-34-29)31(39)37-17-15-36(16-18-37)23-27-7-11-33-12-8-27/h1-8,11-12,21,24H,9-10,13-19,22-23H2. The molecule has 0 spiro atoms. The van der Waals surface area contributed by atoms with E-state index in [1.807, 2.05) is 41.3 Å². The zero-order valence-electron chi connectivity index (χ0n) is 22.2. The molecule has 200 valence electrons. The first-order valence-corrected chi connectivity index (χ1v) is 13.7. The van der Waals surface area contributed by atoms with Crippen LogP contribution in [-0.4, -0.2) is 75.6 Å². The summed E-state index contributed by atoms with van der Waals surface area (Å²) in [5.41, 5.74) is 4.08.